The molecule has 4 fully saturated rings. The van der Waals surface area contributed by atoms with Crippen molar-refractivity contribution in [3.63, 3.8) is 0 Å². The minimum Gasteiger partial charge on any atom is -0.377 e. The van der Waals surface area contributed by atoms with Gasteiger partial charge in [-0.3, -0.25) is 9.89 Å². The Morgan fingerprint density at radius 2 is 1.87 bits per heavy atom. The van der Waals surface area contributed by atoms with Crippen molar-refractivity contribution in [1.82, 2.24) is 15.5 Å². The molecular weight excluding hydrogens is 520 g/mol. The van der Waals surface area contributed by atoms with Crippen LogP contribution in [0.4, 0.5) is 13.2 Å². The van der Waals surface area contributed by atoms with Crippen molar-refractivity contribution in [2.75, 3.05) is 39.3 Å². The number of likely N-dealkylation sites (tertiary alicyclic amines) is 1. The second-order valence-electron chi connectivity index (χ2n) is 9.69. The number of aliphatic imine (C=N–C) groups is 1. The number of hydrogen-bond acceptors (Lipinski definition) is 3. The van der Waals surface area contributed by atoms with Crippen LogP contribution in [-0.4, -0.2) is 68.5 Å². The average Bonchev–Trinajstić information content (AvgIpc) is 3.35. The highest BCUT2D eigenvalue weighted by molar-refractivity contribution is 14.0. The highest BCUT2D eigenvalue weighted by atomic mass is 127. The second kappa shape index (κ2) is 10.8. The summed E-state index contributed by atoms with van der Waals surface area (Å²) in [5.41, 5.74) is 0.294. The number of nitrogens with zero attached hydrogens (tertiary/aromatic N) is 2. The summed E-state index contributed by atoms with van der Waals surface area (Å²) in [6, 6.07) is 0.455. The molecule has 9 heteroatoms. The lowest BCUT2D eigenvalue weighted by Gasteiger charge is -2.57. The minimum absolute atomic E-state index is 0. The Balaban J connectivity index is 0.00000272. The first-order valence-corrected chi connectivity index (χ1v) is 11.9. The maximum atomic E-state index is 12.5. The number of nitrogens with one attached hydrogen (secondary N) is 2. The molecule has 1 spiro atoms. The van der Waals surface area contributed by atoms with Crippen LogP contribution in [0.25, 0.3) is 0 Å². The van der Waals surface area contributed by atoms with Crippen LogP contribution in [0, 0.1) is 17.3 Å². The lowest BCUT2D eigenvalue weighted by atomic mass is 9.54. The molecule has 2 N–H and O–H groups in total. The van der Waals surface area contributed by atoms with E-state index in [1.54, 1.807) is 0 Å². The van der Waals surface area contributed by atoms with Gasteiger partial charge in [-0.25, -0.2) is 0 Å². The first-order chi connectivity index (χ1) is 14.4. The van der Waals surface area contributed by atoms with Gasteiger partial charge >= 0.3 is 6.18 Å². The first-order valence-electron chi connectivity index (χ1n) is 11.9. The number of rotatable bonds is 6. The normalized spacial score (nSPS) is 31.2. The van der Waals surface area contributed by atoms with Gasteiger partial charge in [-0.05, 0) is 64.5 Å². The van der Waals surface area contributed by atoms with Crippen molar-refractivity contribution < 1.29 is 17.9 Å². The molecule has 0 aromatic carbocycles. The Hall–Kier alpha value is -0.290. The summed E-state index contributed by atoms with van der Waals surface area (Å²) >= 11 is 0. The Morgan fingerprint density at radius 3 is 2.52 bits per heavy atom. The Morgan fingerprint density at radius 1 is 1.16 bits per heavy atom. The summed E-state index contributed by atoms with van der Waals surface area (Å²) < 4.78 is 43.7. The number of fused-ring (bicyclic) bond motifs is 2. The fourth-order valence-corrected chi connectivity index (χ4v) is 6.42. The van der Waals surface area contributed by atoms with Crippen molar-refractivity contribution >= 4 is 29.9 Å². The molecule has 3 atom stereocenters. The van der Waals surface area contributed by atoms with E-state index >= 15 is 0 Å². The van der Waals surface area contributed by atoms with E-state index in [2.05, 4.69) is 17.6 Å². The number of ether oxygens (including phenoxy) is 1. The topological polar surface area (TPSA) is 48.9 Å². The van der Waals surface area contributed by atoms with E-state index < -0.39 is 12.7 Å². The van der Waals surface area contributed by atoms with Crippen LogP contribution in [0.2, 0.25) is 0 Å². The molecule has 4 rings (SSSR count). The molecule has 3 unspecified atom stereocenters. The average molecular weight is 558 g/mol. The number of piperidine rings is 1. The third kappa shape index (κ3) is 5.80. The van der Waals surface area contributed by atoms with Crippen molar-refractivity contribution in [2.45, 2.75) is 76.6 Å². The molecule has 0 aromatic heterocycles. The summed E-state index contributed by atoms with van der Waals surface area (Å²) in [5, 5.41) is 7.16. The van der Waals surface area contributed by atoms with E-state index in [4.69, 9.17) is 9.73 Å². The molecule has 0 radical (unpaired) electrons. The van der Waals surface area contributed by atoms with Gasteiger partial charge in [0.05, 0.1) is 12.6 Å². The highest BCUT2D eigenvalue weighted by Crippen LogP contribution is 2.60. The van der Waals surface area contributed by atoms with Crippen LogP contribution < -0.4 is 10.6 Å². The summed E-state index contributed by atoms with van der Waals surface area (Å²) in [7, 11) is 0. The van der Waals surface area contributed by atoms with Crippen LogP contribution in [0.15, 0.2) is 4.99 Å². The van der Waals surface area contributed by atoms with Gasteiger partial charge in [-0.1, -0.05) is 12.8 Å². The molecule has 2 aliphatic carbocycles. The van der Waals surface area contributed by atoms with Gasteiger partial charge in [-0.15, -0.1) is 24.0 Å². The van der Waals surface area contributed by atoms with E-state index in [-0.39, 0.29) is 24.0 Å². The standard InChI is InChI=1S/C22H37F3N4O.HI/c1-2-26-20(27-11-5-16-6-12-29(13-7-16)15-22(23,24)25)28-18-17-8-14-30-19(17)21(18)9-3-4-10-21;/h16-19H,2-15H2,1H3,(H2,26,27,28);1H. The molecule has 5 nitrogen and oxygen atoms in total. The summed E-state index contributed by atoms with van der Waals surface area (Å²) in [5.74, 6) is 1.97. The van der Waals surface area contributed by atoms with Gasteiger partial charge in [-0.2, -0.15) is 13.2 Å². The van der Waals surface area contributed by atoms with Gasteiger partial charge in [0, 0.05) is 37.1 Å². The third-order valence-electron chi connectivity index (χ3n) is 7.84. The van der Waals surface area contributed by atoms with Gasteiger partial charge < -0.3 is 15.4 Å². The number of hydrogen-bond donors (Lipinski definition) is 2. The van der Waals surface area contributed by atoms with Crippen molar-refractivity contribution in [2.24, 2.45) is 22.2 Å². The lowest BCUT2D eigenvalue weighted by Crippen LogP contribution is -2.69. The Kier molecular flexibility index (Phi) is 8.79. The zero-order valence-corrected chi connectivity index (χ0v) is 20.9. The lowest BCUT2D eigenvalue weighted by molar-refractivity contribution is -0.148. The van der Waals surface area contributed by atoms with Crippen molar-refractivity contribution in [1.29, 1.82) is 0 Å². The molecule has 2 saturated heterocycles. The quantitative estimate of drug-likeness (QED) is 0.292. The van der Waals surface area contributed by atoms with Crippen LogP contribution in [0.5, 0.6) is 0 Å². The maximum Gasteiger partial charge on any atom is 0.401 e. The minimum atomic E-state index is -4.09. The number of guanidine groups is 1. The second-order valence-corrected chi connectivity index (χ2v) is 9.69. The van der Waals surface area contributed by atoms with E-state index in [1.807, 2.05) is 0 Å². The summed E-state index contributed by atoms with van der Waals surface area (Å²) in [6.45, 7) is 4.83. The monoisotopic (exact) mass is 558 g/mol. The highest BCUT2D eigenvalue weighted by Gasteiger charge is 2.65. The molecule has 0 amide bonds. The van der Waals surface area contributed by atoms with Crippen LogP contribution in [0.1, 0.15) is 58.3 Å². The molecule has 2 aliphatic heterocycles. The van der Waals surface area contributed by atoms with Gasteiger partial charge in [0.25, 0.3) is 0 Å². The Bertz CT molecular complexity index is 604. The molecule has 31 heavy (non-hydrogen) atoms. The Labute approximate surface area is 201 Å². The van der Waals surface area contributed by atoms with Gasteiger partial charge in [0.15, 0.2) is 5.96 Å². The largest absolute Gasteiger partial charge is 0.401 e. The zero-order valence-electron chi connectivity index (χ0n) is 18.6. The van der Waals surface area contributed by atoms with Gasteiger partial charge in [0.2, 0.25) is 0 Å². The van der Waals surface area contributed by atoms with Crippen molar-refractivity contribution in [3.05, 3.63) is 0 Å². The van der Waals surface area contributed by atoms with E-state index in [9.17, 15) is 13.2 Å². The molecule has 0 bridgehead atoms. The zero-order chi connectivity index (χ0) is 21.2. The molecule has 180 valence electrons. The summed E-state index contributed by atoms with van der Waals surface area (Å²) in [6.07, 6.45) is 5.19. The van der Waals surface area contributed by atoms with Crippen LogP contribution >= 0.6 is 24.0 Å². The van der Waals surface area contributed by atoms with E-state index in [0.29, 0.717) is 42.5 Å². The SMILES string of the molecule is CCNC(=NCCC1CCN(CC(F)(F)F)CC1)NC1C2CCOC2C12CCCC2.I. The van der Waals surface area contributed by atoms with E-state index in [1.165, 1.54) is 30.6 Å². The predicted octanol–water partition coefficient (Wildman–Crippen LogP) is 4.17. The van der Waals surface area contributed by atoms with Crippen LogP contribution in [-0.2, 0) is 4.74 Å². The predicted molar refractivity (Wildman–Crippen MR) is 127 cm³/mol. The molecule has 0 aromatic rings. The summed E-state index contributed by atoms with van der Waals surface area (Å²) in [4.78, 5) is 6.37. The molecule has 4 aliphatic rings. The third-order valence-corrected chi connectivity index (χ3v) is 7.84. The fraction of sp³-hybridized carbons (Fsp3) is 0.955. The molecule has 2 saturated carbocycles. The molecule has 2 heterocycles. The fourth-order valence-electron chi connectivity index (χ4n) is 6.42. The first kappa shape index (κ1) is 25.3. The molecular formula is C22H38F3IN4O. The van der Waals surface area contributed by atoms with Crippen LogP contribution in [0.3, 0.4) is 0 Å². The smallest absolute Gasteiger partial charge is 0.377 e. The maximum absolute atomic E-state index is 12.5. The number of halogens is 4. The number of alkyl halides is 3. The van der Waals surface area contributed by atoms with Gasteiger partial charge in [0.1, 0.15) is 0 Å². The van der Waals surface area contributed by atoms with E-state index in [0.717, 1.165) is 51.3 Å². The van der Waals surface area contributed by atoms with Crippen molar-refractivity contribution in [3.8, 4) is 0 Å².